The molecule has 0 saturated heterocycles. The van der Waals surface area contributed by atoms with Crippen molar-refractivity contribution in [2.45, 2.75) is 18.7 Å². The fraction of sp³-hybridized carbons (Fsp3) is 0.176. The summed E-state index contributed by atoms with van der Waals surface area (Å²) in [6, 6.07) is 13.0. The fourth-order valence-corrected chi connectivity index (χ4v) is 2.86. The predicted octanol–water partition coefficient (Wildman–Crippen LogP) is 3.13. The van der Waals surface area contributed by atoms with Gasteiger partial charge in [0.1, 0.15) is 0 Å². The summed E-state index contributed by atoms with van der Waals surface area (Å²) in [6.07, 6.45) is 0. The average molecular weight is 314 g/mol. The zero-order chi connectivity index (χ0) is 16.1. The van der Waals surface area contributed by atoms with Crippen LogP contribution in [-0.2, 0) is 4.79 Å². The van der Waals surface area contributed by atoms with Gasteiger partial charge in [0, 0.05) is 10.6 Å². The van der Waals surface area contributed by atoms with Crippen molar-refractivity contribution in [3.63, 3.8) is 0 Å². The van der Waals surface area contributed by atoms with Gasteiger partial charge < -0.3 is 11.1 Å². The summed E-state index contributed by atoms with van der Waals surface area (Å²) < 4.78 is 0. The zero-order valence-electron chi connectivity index (χ0n) is 12.6. The average Bonchev–Trinajstić information content (AvgIpc) is 2.48. The first-order valence-corrected chi connectivity index (χ1v) is 7.84. The van der Waals surface area contributed by atoms with Gasteiger partial charge in [-0.3, -0.25) is 9.59 Å². The second-order valence-corrected chi connectivity index (χ2v) is 6.04. The number of primary amides is 1. The Morgan fingerprint density at radius 2 is 1.86 bits per heavy atom. The molecule has 2 rings (SSSR count). The number of nitrogens with two attached hydrogens (primary N) is 1. The van der Waals surface area contributed by atoms with E-state index in [9.17, 15) is 9.59 Å². The molecule has 2 aromatic carbocycles. The molecule has 0 spiro atoms. The van der Waals surface area contributed by atoms with Gasteiger partial charge in [0.15, 0.2) is 0 Å². The fourth-order valence-electron chi connectivity index (χ4n) is 2.07. The number of amides is 2. The molecule has 22 heavy (non-hydrogen) atoms. The quantitative estimate of drug-likeness (QED) is 0.833. The van der Waals surface area contributed by atoms with Gasteiger partial charge in [0.05, 0.1) is 11.3 Å². The number of carbonyl (C=O) groups is 2. The number of anilines is 1. The molecule has 0 saturated carbocycles. The zero-order valence-corrected chi connectivity index (χ0v) is 13.4. The van der Waals surface area contributed by atoms with Crippen LogP contribution in [0.5, 0.6) is 0 Å². The Hall–Kier alpha value is -2.27. The lowest BCUT2D eigenvalue weighted by Gasteiger charge is -2.11. The van der Waals surface area contributed by atoms with Crippen molar-refractivity contribution in [2.75, 3.05) is 11.1 Å². The summed E-state index contributed by atoms with van der Waals surface area (Å²) in [7, 11) is 0. The van der Waals surface area contributed by atoms with Crippen molar-refractivity contribution in [2.24, 2.45) is 5.73 Å². The molecule has 114 valence electrons. The van der Waals surface area contributed by atoms with E-state index in [1.165, 1.54) is 11.8 Å². The van der Waals surface area contributed by atoms with Gasteiger partial charge in [-0.2, -0.15) is 0 Å². The van der Waals surface area contributed by atoms with Crippen LogP contribution in [0.25, 0.3) is 0 Å². The highest BCUT2D eigenvalue weighted by molar-refractivity contribution is 8.00. The van der Waals surface area contributed by atoms with Gasteiger partial charge in [-0.05, 0) is 37.6 Å². The van der Waals surface area contributed by atoms with Crippen molar-refractivity contribution in [1.82, 2.24) is 0 Å². The van der Waals surface area contributed by atoms with E-state index in [0.717, 1.165) is 21.7 Å². The highest BCUT2D eigenvalue weighted by Crippen LogP contribution is 2.24. The van der Waals surface area contributed by atoms with Crippen LogP contribution in [0, 0.1) is 13.8 Å². The molecule has 0 aliphatic rings. The van der Waals surface area contributed by atoms with Crippen LogP contribution in [0.1, 0.15) is 21.5 Å². The second-order valence-electron chi connectivity index (χ2n) is 5.02. The summed E-state index contributed by atoms with van der Waals surface area (Å²) in [5.41, 5.74) is 8.64. The number of benzene rings is 2. The predicted molar refractivity (Wildman–Crippen MR) is 90.2 cm³/mol. The van der Waals surface area contributed by atoms with E-state index in [2.05, 4.69) is 5.32 Å². The van der Waals surface area contributed by atoms with Crippen LogP contribution in [0.4, 0.5) is 5.69 Å². The maximum atomic E-state index is 12.5. The topological polar surface area (TPSA) is 72.2 Å². The second kappa shape index (κ2) is 7.13. The van der Waals surface area contributed by atoms with Gasteiger partial charge in [-0.25, -0.2) is 0 Å². The molecule has 0 radical (unpaired) electrons. The Balaban J connectivity index is 2.20. The minimum absolute atomic E-state index is 0.147. The number of carbonyl (C=O) groups excluding carboxylic acids is 2. The summed E-state index contributed by atoms with van der Waals surface area (Å²) in [6.45, 7) is 3.96. The smallest absolute Gasteiger partial charge is 0.256 e. The lowest BCUT2D eigenvalue weighted by molar-refractivity contribution is -0.115. The number of hydrogen-bond donors (Lipinski definition) is 2. The summed E-state index contributed by atoms with van der Waals surface area (Å²) in [4.78, 5) is 24.1. The third kappa shape index (κ3) is 4.11. The highest BCUT2D eigenvalue weighted by Gasteiger charge is 2.13. The first-order chi connectivity index (χ1) is 10.5. The number of nitrogens with one attached hydrogen (secondary N) is 1. The molecule has 0 bridgehead atoms. The van der Waals surface area contributed by atoms with Crippen LogP contribution in [-0.4, -0.2) is 17.6 Å². The molecule has 2 amide bonds. The van der Waals surface area contributed by atoms with Gasteiger partial charge in [0.25, 0.3) is 5.91 Å². The van der Waals surface area contributed by atoms with Gasteiger partial charge in [0.2, 0.25) is 5.91 Å². The number of rotatable bonds is 5. The number of hydrogen-bond acceptors (Lipinski definition) is 3. The molecule has 0 aromatic heterocycles. The molecule has 0 unspecified atom stereocenters. The first-order valence-electron chi connectivity index (χ1n) is 6.86. The maximum absolute atomic E-state index is 12.5. The Bertz CT molecular complexity index is 714. The Labute approximate surface area is 134 Å². The van der Waals surface area contributed by atoms with Crippen LogP contribution in [0.2, 0.25) is 0 Å². The largest absolute Gasteiger partial charge is 0.369 e. The maximum Gasteiger partial charge on any atom is 0.256 e. The highest BCUT2D eigenvalue weighted by atomic mass is 32.2. The lowest BCUT2D eigenvalue weighted by Crippen LogP contribution is -2.16. The Kier molecular flexibility index (Phi) is 5.22. The standard InChI is InChI=1S/C17H18N2O2S/c1-11-7-8-14(12(2)9-11)19-17(21)13-5-3-4-6-15(13)22-10-16(18)20/h3-9H,10H2,1-2H3,(H2,18,20)(H,19,21). The molecule has 0 fully saturated rings. The normalized spacial score (nSPS) is 10.3. The van der Waals surface area contributed by atoms with Crippen molar-refractivity contribution in [3.05, 3.63) is 59.2 Å². The lowest BCUT2D eigenvalue weighted by atomic mass is 10.1. The minimum Gasteiger partial charge on any atom is -0.369 e. The number of aryl methyl sites for hydroxylation is 2. The molecule has 0 aliphatic carbocycles. The van der Waals surface area contributed by atoms with Gasteiger partial charge >= 0.3 is 0 Å². The SMILES string of the molecule is Cc1ccc(NC(=O)c2ccccc2SCC(N)=O)c(C)c1. The van der Waals surface area contributed by atoms with Gasteiger partial charge in [-0.1, -0.05) is 29.8 Å². The van der Waals surface area contributed by atoms with Crippen molar-refractivity contribution in [3.8, 4) is 0 Å². The summed E-state index contributed by atoms with van der Waals surface area (Å²) >= 11 is 1.27. The summed E-state index contributed by atoms with van der Waals surface area (Å²) in [5.74, 6) is -0.456. The third-order valence-corrected chi connectivity index (χ3v) is 4.23. The van der Waals surface area contributed by atoms with E-state index < -0.39 is 5.91 Å². The molecule has 0 atom stereocenters. The van der Waals surface area contributed by atoms with E-state index >= 15 is 0 Å². The molecule has 3 N–H and O–H groups in total. The van der Waals surface area contributed by atoms with Crippen LogP contribution < -0.4 is 11.1 Å². The molecule has 5 heteroatoms. The monoisotopic (exact) mass is 314 g/mol. The van der Waals surface area contributed by atoms with E-state index in [4.69, 9.17) is 5.73 Å². The van der Waals surface area contributed by atoms with E-state index in [-0.39, 0.29) is 11.7 Å². The molecule has 0 heterocycles. The minimum atomic E-state index is -0.408. The third-order valence-electron chi connectivity index (χ3n) is 3.13. The first kappa shape index (κ1) is 16.1. The van der Waals surface area contributed by atoms with Crippen molar-refractivity contribution < 1.29 is 9.59 Å². The van der Waals surface area contributed by atoms with E-state index in [0.29, 0.717) is 5.56 Å². The molecular formula is C17H18N2O2S. The molecular weight excluding hydrogens is 296 g/mol. The molecule has 4 nitrogen and oxygen atoms in total. The van der Waals surface area contributed by atoms with E-state index in [1.807, 2.05) is 44.2 Å². The Morgan fingerprint density at radius 3 is 2.55 bits per heavy atom. The summed E-state index contributed by atoms with van der Waals surface area (Å²) in [5, 5.41) is 2.91. The van der Waals surface area contributed by atoms with E-state index in [1.54, 1.807) is 12.1 Å². The van der Waals surface area contributed by atoms with Crippen molar-refractivity contribution in [1.29, 1.82) is 0 Å². The Morgan fingerprint density at radius 1 is 1.14 bits per heavy atom. The van der Waals surface area contributed by atoms with Crippen LogP contribution in [0.3, 0.4) is 0 Å². The number of thioether (sulfide) groups is 1. The van der Waals surface area contributed by atoms with Gasteiger partial charge in [-0.15, -0.1) is 11.8 Å². The van der Waals surface area contributed by atoms with Crippen LogP contribution >= 0.6 is 11.8 Å². The van der Waals surface area contributed by atoms with Crippen LogP contribution in [0.15, 0.2) is 47.4 Å². The molecule has 0 aliphatic heterocycles. The molecule has 2 aromatic rings. The van der Waals surface area contributed by atoms with Crippen molar-refractivity contribution >= 4 is 29.3 Å².